The third-order valence-corrected chi connectivity index (χ3v) is 3.73. The lowest BCUT2D eigenvalue weighted by molar-refractivity contribution is 0.301. The van der Waals surface area contributed by atoms with E-state index < -0.39 is 0 Å². The zero-order chi connectivity index (χ0) is 13.2. The van der Waals surface area contributed by atoms with Crippen molar-refractivity contribution in [2.24, 2.45) is 0 Å². The standard InChI is InChI=1S/C17H19NO/c1-12-7-9-14(10-8-12)13(2)18-16-11-19-17-6-4-3-5-15(16)17/h3-10,13,16,18H,11H2,1-2H3. The first-order chi connectivity index (χ1) is 9.24. The van der Waals surface area contributed by atoms with E-state index in [-0.39, 0.29) is 6.04 Å². The predicted octanol–water partition coefficient (Wildman–Crippen LogP) is 3.78. The molecule has 98 valence electrons. The molecule has 2 nitrogen and oxygen atoms in total. The van der Waals surface area contributed by atoms with E-state index in [0.29, 0.717) is 6.04 Å². The van der Waals surface area contributed by atoms with Gasteiger partial charge >= 0.3 is 0 Å². The lowest BCUT2D eigenvalue weighted by atomic mass is 10.0. The van der Waals surface area contributed by atoms with Gasteiger partial charge in [0.1, 0.15) is 12.4 Å². The smallest absolute Gasteiger partial charge is 0.124 e. The summed E-state index contributed by atoms with van der Waals surface area (Å²) in [6.45, 7) is 5.03. The van der Waals surface area contributed by atoms with Crippen molar-refractivity contribution >= 4 is 0 Å². The number of rotatable bonds is 3. The summed E-state index contributed by atoms with van der Waals surface area (Å²) in [6.07, 6.45) is 0. The zero-order valence-corrected chi connectivity index (χ0v) is 11.4. The molecule has 1 heterocycles. The minimum atomic E-state index is 0.285. The van der Waals surface area contributed by atoms with E-state index in [1.54, 1.807) is 0 Å². The first-order valence-corrected chi connectivity index (χ1v) is 6.78. The van der Waals surface area contributed by atoms with Crippen molar-refractivity contribution in [3.05, 3.63) is 65.2 Å². The third kappa shape index (κ3) is 2.49. The van der Waals surface area contributed by atoms with Crippen molar-refractivity contribution < 1.29 is 4.74 Å². The topological polar surface area (TPSA) is 21.3 Å². The first-order valence-electron chi connectivity index (χ1n) is 6.78. The van der Waals surface area contributed by atoms with Crippen LogP contribution in [0.15, 0.2) is 48.5 Å². The molecule has 0 saturated heterocycles. The quantitative estimate of drug-likeness (QED) is 0.898. The summed E-state index contributed by atoms with van der Waals surface area (Å²) in [7, 11) is 0. The Kier molecular flexibility index (Phi) is 3.26. The average Bonchev–Trinajstić information content (AvgIpc) is 2.83. The Morgan fingerprint density at radius 1 is 1.11 bits per heavy atom. The van der Waals surface area contributed by atoms with E-state index in [1.807, 2.05) is 12.1 Å². The van der Waals surface area contributed by atoms with Gasteiger partial charge in [-0.1, -0.05) is 48.0 Å². The summed E-state index contributed by atoms with van der Waals surface area (Å²) >= 11 is 0. The molecule has 2 aromatic rings. The molecular formula is C17H19NO. The van der Waals surface area contributed by atoms with Gasteiger partial charge in [-0.25, -0.2) is 0 Å². The van der Waals surface area contributed by atoms with Crippen LogP contribution in [-0.4, -0.2) is 6.61 Å². The molecule has 19 heavy (non-hydrogen) atoms. The van der Waals surface area contributed by atoms with E-state index in [0.717, 1.165) is 12.4 Å². The molecule has 2 unspecified atom stereocenters. The predicted molar refractivity (Wildman–Crippen MR) is 77.4 cm³/mol. The first kappa shape index (κ1) is 12.2. The van der Waals surface area contributed by atoms with Crippen LogP contribution >= 0.6 is 0 Å². The van der Waals surface area contributed by atoms with Gasteiger partial charge in [-0.2, -0.15) is 0 Å². The minimum Gasteiger partial charge on any atom is -0.491 e. The van der Waals surface area contributed by atoms with Crippen molar-refractivity contribution in [1.82, 2.24) is 5.32 Å². The van der Waals surface area contributed by atoms with Crippen LogP contribution < -0.4 is 10.1 Å². The SMILES string of the molecule is Cc1ccc(C(C)NC2COc3ccccc32)cc1. The number of hydrogen-bond acceptors (Lipinski definition) is 2. The van der Waals surface area contributed by atoms with Crippen molar-refractivity contribution in [2.45, 2.75) is 25.9 Å². The Labute approximate surface area is 114 Å². The maximum Gasteiger partial charge on any atom is 0.124 e. The highest BCUT2D eigenvalue weighted by atomic mass is 16.5. The molecule has 0 spiro atoms. The second-order valence-electron chi connectivity index (χ2n) is 5.20. The normalized spacial score (nSPS) is 18.7. The third-order valence-electron chi connectivity index (χ3n) is 3.73. The molecule has 0 amide bonds. The van der Waals surface area contributed by atoms with Crippen LogP contribution in [-0.2, 0) is 0 Å². The Balaban J connectivity index is 1.74. The number of nitrogens with one attached hydrogen (secondary N) is 1. The Hall–Kier alpha value is -1.80. The number of fused-ring (bicyclic) bond motifs is 1. The number of aryl methyl sites for hydroxylation is 1. The number of para-hydroxylation sites is 1. The highest BCUT2D eigenvalue weighted by molar-refractivity contribution is 5.39. The van der Waals surface area contributed by atoms with Gasteiger partial charge in [-0.3, -0.25) is 0 Å². The molecule has 0 aromatic heterocycles. The monoisotopic (exact) mass is 253 g/mol. The van der Waals surface area contributed by atoms with E-state index >= 15 is 0 Å². The summed E-state index contributed by atoms with van der Waals surface area (Å²) in [4.78, 5) is 0. The summed E-state index contributed by atoms with van der Waals surface area (Å²) in [6, 6.07) is 17.6. The number of benzene rings is 2. The van der Waals surface area contributed by atoms with E-state index in [1.165, 1.54) is 16.7 Å². The molecule has 0 saturated carbocycles. The molecule has 1 aliphatic heterocycles. The summed E-state index contributed by atoms with van der Waals surface area (Å²) in [5.41, 5.74) is 3.88. The lowest BCUT2D eigenvalue weighted by Gasteiger charge is -2.19. The van der Waals surface area contributed by atoms with Crippen LogP contribution in [0, 0.1) is 6.92 Å². The minimum absolute atomic E-state index is 0.285. The van der Waals surface area contributed by atoms with E-state index in [9.17, 15) is 0 Å². The maximum atomic E-state index is 5.70. The highest BCUT2D eigenvalue weighted by Gasteiger charge is 2.24. The fourth-order valence-electron chi connectivity index (χ4n) is 2.55. The van der Waals surface area contributed by atoms with Crippen molar-refractivity contribution in [1.29, 1.82) is 0 Å². The van der Waals surface area contributed by atoms with Crippen LogP contribution in [0.3, 0.4) is 0 Å². The number of ether oxygens (including phenoxy) is 1. The van der Waals surface area contributed by atoms with Crippen LogP contribution in [0.1, 0.15) is 35.7 Å². The van der Waals surface area contributed by atoms with E-state index in [2.05, 4.69) is 55.6 Å². The maximum absolute atomic E-state index is 5.70. The molecule has 0 aliphatic carbocycles. The Morgan fingerprint density at radius 2 is 1.84 bits per heavy atom. The highest BCUT2D eigenvalue weighted by Crippen LogP contribution is 2.33. The van der Waals surface area contributed by atoms with Crippen molar-refractivity contribution in [2.75, 3.05) is 6.61 Å². The van der Waals surface area contributed by atoms with Crippen molar-refractivity contribution in [3.63, 3.8) is 0 Å². The molecule has 1 aliphatic rings. The van der Waals surface area contributed by atoms with Crippen LogP contribution in [0.25, 0.3) is 0 Å². The van der Waals surface area contributed by atoms with Gasteiger partial charge in [0.15, 0.2) is 0 Å². The lowest BCUT2D eigenvalue weighted by Crippen LogP contribution is -2.25. The van der Waals surface area contributed by atoms with E-state index in [4.69, 9.17) is 4.74 Å². The van der Waals surface area contributed by atoms with Gasteiger partial charge in [0.25, 0.3) is 0 Å². The summed E-state index contributed by atoms with van der Waals surface area (Å²) < 4.78 is 5.70. The number of hydrogen-bond donors (Lipinski definition) is 1. The Bertz CT molecular complexity index is 562. The van der Waals surface area contributed by atoms with Gasteiger partial charge < -0.3 is 10.1 Å². The largest absolute Gasteiger partial charge is 0.491 e. The molecule has 2 heteroatoms. The second-order valence-corrected chi connectivity index (χ2v) is 5.20. The fourth-order valence-corrected chi connectivity index (χ4v) is 2.55. The molecule has 0 fully saturated rings. The zero-order valence-electron chi connectivity index (χ0n) is 11.4. The summed E-state index contributed by atoms with van der Waals surface area (Å²) in [5.74, 6) is 1.01. The van der Waals surface area contributed by atoms with Gasteiger partial charge in [0, 0.05) is 11.6 Å². The van der Waals surface area contributed by atoms with Crippen LogP contribution in [0.5, 0.6) is 5.75 Å². The molecule has 1 N–H and O–H groups in total. The van der Waals surface area contributed by atoms with Gasteiger partial charge in [-0.05, 0) is 25.5 Å². The Morgan fingerprint density at radius 3 is 2.63 bits per heavy atom. The van der Waals surface area contributed by atoms with Gasteiger partial charge in [0.2, 0.25) is 0 Å². The molecular weight excluding hydrogens is 234 g/mol. The molecule has 2 atom stereocenters. The van der Waals surface area contributed by atoms with Gasteiger partial charge in [-0.15, -0.1) is 0 Å². The van der Waals surface area contributed by atoms with Crippen molar-refractivity contribution in [3.8, 4) is 5.75 Å². The molecule has 0 radical (unpaired) electrons. The molecule has 2 aromatic carbocycles. The summed E-state index contributed by atoms with van der Waals surface area (Å²) in [5, 5.41) is 3.65. The molecule has 3 rings (SSSR count). The average molecular weight is 253 g/mol. The van der Waals surface area contributed by atoms with Crippen LogP contribution in [0.2, 0.25) is 0 Å². The van der Waals surface area contributed by atoms with Crippen LogP contribution in [0.4, 0.5) is 0 Å². The second kappa shape index (κ2) is 5.06. The molecule has 0 bridgehead atoms. The fraction of sp³-hybridized carbons (Fsp3) is 0.294. The van der Waals surface area contributed by atoms with Gasteiger partial charge in [0.05, 0.1) is 6.04 Å².